The van der Waals surface area contributed by atoms with Crippen LogP contribution in [0, 0.1) is 0 Å². The minimum absolute atomic E-state index is 0.00954. The molecular formula is C7H14N2O. The van der Waals surface area contributed by atoms with Crippen molar-refractivity contribution in [1.82, 2.24) is 10.6 Å². The van der Waals surface area contributed by atoms with E-state index in [1.165, 1.54) is 0 Å². The molecule has 1 fully saturated rings. The number of carbonyl (C=O) groups is 1. The van der Waals surface area contributed by atoms with Crippen molar-refractivity contribution in [3.8, 4) is 0 Å². The van der Waals surface area contributed by atoms with Crippen molar-refractivity contribution in [2.45, 2.75) is 32.2 Å². The number of rotatable bonds is 2. The lowest BCUT2D eigenvalue weighted by molar-refractivity contribution is 0.227. The third-order valence-electron chi connectivity index (χ3n) is 1.75. The van der Waals surface area contributed by atoms with E-state index >= 15 is 0 Å². The van der Waals surface area contributed by atoms with Crippen LogP contribution in [0.25, 0.3) is 0 Å². The monoisotopic (exact) mass is 142 g/mol. The van der Waals surface area contributed by atoms with Crippen LogP contribution in [0.4, 0.5) is 4.79 Å². The molecule has 1 aliphatic rings. The molecule has 1 saturated heterocycles. The van der Waals surface area contributed by atoms with E-state index in [2.05, 4.69) is 17.6 Å². The van der Waals surface area contributed by atoms with Crippen molar-refractivity contribution in [3.63, 3.8) is 0 Å². The molecule has 1 unspecified atom stereocenters. The van der Waals surface area contributed by atoms with E-state index in [0.717, 1.165) is 25.8 Å². The summed E-state index contributed by atoms with van der Waals surface area (Å²) in [4.78, 5) is 10.7. The highest BCUT2D eigenvalue weighted by molar-refractivity contribution is 5.74. The maximum absolute atomic E-state index is 10.7. The number of hydrogen-bond donors (Lipinski definition) is 2. The standard InChI is InChI=1S/C7H14N2O/c1-2-3-6-4-5-8-7(10)9-6/h6H,2-5H2,1H3,(H2,8,9,10). The van der Waals surface area contributed by atoms with Gasteiger partial charge in [0, 0.05) is 12.6 Å². The van der Waals surface area contributed by atoms with Crippen molar-refractivity contribution in [3.05, 3.63) is 0 Å². The molecule has 1 rings (SSSR count). The first-order valence-corrected chi connectivity index (χ1v) is 3.87. The molecule has 0 bridgehead atoms. The normalized spacial score (nSPS) is 25.3. The van der Waals surface area contributed by atoms with Crippen LogP contribution in [0.15, 0.2) is 0 Å². The Labute approximate surface area is 61.2 Å². The molecular weight excluding hydrogens is 128 g/mol. The molecule has 0 radical (unpaired) electrons. The molecule has 3 nitrogen and oxygen atoms in total. The second-order valence-corrected chi connectivity index (χ2v) is 2.67. The molecule has 0 saturated carbocycles. The second kappa shape index (κ2) is 3.44. The lowest BCUT2D eigenvalue weighted by atomic mass is 10.1. The van der Waals surface area contributed by atoms with Gasteiger partial charge in [-0.25, -0.2) is 4.79 Å². The van der Waals surface area contributed by atoms with Crippen LogP contribution in [0.5, 0.6) is 0 Å². The molecule has 2 N–H and O–H groups in total. The minimum Gasteiger partial charge on any atom is -0.338 e. The molecule has 1 heterocycles. The Bertz CT molecular complexity index is 123. The Balaban J connectivity index is 2.25. The van der Waals surface area contributed by atoms with E-state index in [1.807, 2.05) is 0 Å². The van der Waals surface area contributed by atoms with Crippen molar-refractivity contribution in [1.29, 1.82) is 0 Å². The van der Waals surface area contributed by atoms with Gasteiger partial charge in [-0.05, 0) is 12.8 Å². The van der Waals surface area contributed by atoms with E-state index < -0.39 is 0 Å². The van der Waals surface area contributed by atoms with Crippen LogP contribution in [0.3, 0.4) is 0 Å². The van der Waals surface area contributed by atoms with E-state index in [0.29, 0.717) is 6.04 Å². The summed E-state index contributed by atoms with van der Waals surface area (Å²) in [6.45, 7) is 2.96. The van der Waals surface area contributed by atoms with Crippen LogP contribution in [-0.2, 0) is 0 Å². The van der Waals surface area contributed by atoms with Crippen LogP contribution >= 0.6 is 0 Å². The molecule has 1 atom stereocenters. The fourth-order valence-corrected chi connectivity index (χ4v) is 1.23. The van der Waals surface area contributed by atoms with Crippen molar-refractivity contribution >= 4 is 6.03 Å². The van der Waals surface area contributed by atoms with Gasteiger partial charge in [0.2, 0.25) is 0 Å². The quantitative estimate of drug-likeness (QED) is 0.590. The summed E-state index contributed by atoms with van der Waals surface area (Å²) >= 11 is 0. The molecule has 0 aromatic heterocycles. The van der Waals surface area contributed by atoms with Gasteiger partial charge in [-0.1, -0.05) is 13.3 Å². The zero-order chi connectivity index (χ0) is 7.40. The molecule has 3 heteroatoms. The van der Waals surface area contributed by atoms with Gasteiger partial charge in [-0.15, -0.1) is 0 Å². The first-order valence-electron chi connectivity index (χ1n) is 3.87. The number of hydrogen-bond acceptors (Lipinski definition) is 1. The van der Waals surface area contributed by atoms with Gasteiger partial charge in [0.05, 0.1) is 0 Å². The number of amides is 2. The molecule has 58 valence electrons. The second-order valence-electron chi connectivity index (χ2n) is 2.67. The number of carbonyl (C=O) groups excluding carboxylic acids is 1. The van der Waals surface area contributed by atoms with E-state index in [-0.39, 0.29) is 6.03 Å². The van der Waals surface area contributed by atoms with Crippen LogP contribution in [0.2, 0.25) is 0 Å². The molecule has 0 aromatic rings. The largest absolute Gasteiger partial charge is 0.338 e. The van der Waals surface area contributed by atoms with Crippen molar-refractivity contribution < 1.29 is 4.79 Å². The summed E-state index contributed by atoms with van der Waals surface area (Å²) in [7, 11) is 0. The van der Waals surface area contributed by atoms with E-state index in [4.69, 9.17) is 0 Å². The van der Waals surface area contributed by atoms with Gasteiger partial charge in [-0.3, -0.25) is 0 Å². The Morgan fingerprint density at radius 3 is 3.10 bits per heavy atom. The van der Waals surface area contributed by atoms with Gasteiger partial charge >= 0.3 is 6.03 Å². The first-order chi connectivity index (χ1) is 4.83. The maximum atomic E-state index is 10.7. The lowest BCUT2D eigenvalue weighted by Gasteiger charge is -2.23. The summed E-state index contributed by atoms with van der Waals surface area (Å²) in [6, 6.07) is 0.406. The molecule has 0 aliphatic carbocycles. The van der Waals surface area contributed by atoms with E-state index in [9.17, 15) is 4.79 Å². The van der Waals surface area contributed by atoms with Gasteiger partial charge in [0.15, 0.2) is 0 Å². The van der Waals surface area contributed by atoms with Crippen LogP contribution in [-0.4, -0.2) is 18.6 Å². The highest BCUT2D eigenvalue weighted by Gasteiger charge is 2.15. The predicted molar refractivity (Wildman–Crippen MR) is 39.8 cm³/mol. The van der Waals surface area contributed by atoms with Crippen LogP contribution in [0.1, 0.15) is 26.2 Å². The van der Waals surface area contributed by atoms with Crippen LogP contribution < -0.4 is 10.6 Å². The zero-order valence-electron chi connectivity index (χ0n) is 6.31. The number of urea groups is 1. The Kier molecular flexibility index (Phi) is 2.54. The predicted octanol–water partition coefficient (Wildman–Crippen LogP) is 0.858. The van der Waals surface area contributed by atoms with Gasteiger partial charge in [-0.2, -0.15) is 0 Å². The Morgan fingerprint density at radius 1 is 1.70 bits per heavy atom. The third-order valence-corrected chi connectivity index (χ3v) is 1.75. The van der Waals surface area contributed by atoms with Crippen molar-refractivity contribution in [2.24, 2.45) is 0 Å². The Hall–Kier alpha value is -0.730. The fraction of sp³-hybridized carbons (Fsp3) is 0.857. The average molecular weight is 142 g/mol. The summed E-state index contributed by atoms with van der Waals surface area (Å²) < 4.78 is 0. The molecule has 10 heavy (non-hydrogen) atoms. The summed E-state index contributed by atoms with van der Waals surface area (Å²) in [5.41, 5.74) is 0. The SMILES string of the molecule is CCCC1CCNC(=O)N1. The summed E-state index contributed by atoms with van der Waals surface area (Å²) in [6.07, 6.45) is 3.32. The zero-order valence-corrected chi connectivity index (χ0v) is 6.31. The smallest absolute Gasteiger partial charge is 0.315 e. The lowest BCUT2D eigenvalue weighted by Crippen LogP contribution is -2.48. The molecule has 1 aliphatic heterocycles. The third kappa shape index (κ3) is 1.90. The summed E-state index contributed by atoms with van der Waals surface area (Å²) in [5, 5.41) is 5.59. The maximum Gasteiger partial charge on any atom is 0.315 e. The average Bonchev–Trinajstić information content (AvgIpc) is 1.88. The van der Waals surface area contributed by atoms with Gasteiger partial charge in [0.25, 0.3) is 0 Å². The highest BCUT2D eigenvalue weighted by Crippen LogP contribution is 2.03. The molecule has 0 spiro atoms. The Morgan fingerprint density at radius 2 is 2.50 bits per heavy atom. The van der Waals surface area contributed by atoms with Gasteiger partial charge in [0.1, 0.15) is 0 Å². The first kappa shape index (κ1) is 7.38. The topological polar surface area (TPSA) is 41.1 Å². The summed E-state index contributed by atoms with van der Waals surface area (Å²) in [5.74, 6) is 0. The molecule has 0 aromatic carbocycles. The van der Waals surface area contributed by atoms with Gasteiger partial charge < -0.3 is 10.6 Å². The fourth-order valence-electron chi connectivity index (χ4n) is 1.23. The van der Waals surface area contributed by atoms with Crippen molar-refractivity contribution in [2.75, 3.05) is 6.54 Å². The highest BCUT2D eigenvalue weighted by atomic mass is 16.2. The minimum atomic E-state index is -0.00954. The van der Waals surface area contributed by atoms with E-state index in [1.54, 1.807) is 0 Å². The number of nitrogens with one attached hydrogen (secondary N) is 2. The molecule has 2 amide bonds.